The molecule has 0 heterocycles. The van der Waals surface area contributed by atoms with E-state index in [1.165, 1.54) is 11.5 Å². The fraction of sp³-hybridized carbons (Fsp3) is 0.0370. The third-order valence-corrected chi connectivity index (χ3v) is 6.74. The molecule has 1 N–H and O–H groups in total. The highest BCUT2D eigenvalue weighted by molar-refractivity contribution is 14.1. The van der Waals surface area contributed by atoms with Crippen LogP contribution in [0.25, 0.3) is 16.8 Å². The first-order valence-electron chi connectivity index (χ1n) is 10.2. The summed E-state index contributed by atoms with van der Waals surface area (Å²) in [4.78, 5) is 12.6. The van der Waals surface area contributed by atoms with Crippen molar-refractivity contribution in [1.29, 1.82) is 5.26 Å². The van der Waals surface area contributed by atoms with Crippen molar-refractivity contribution in [3.8, 4) is 11.8 Å². The first-order valence-corrected chi connectivity index (χ1v) is 12.5. The van der Waals surface area contributed by atoms with Crippen LogP contribution in [0.4, 0.5) is 5.69 Å². The minimum absolute atomic E-state index is 0.0348. The van der Waals surface area contributed by atoms with E-state index < -0.39 is 5.91 Å². The number of nitriles is 1. The van der Waals surface area contributed by atoms with E-state index >= 15 is 0 Å². The first kappa shape index (κ1) is 24.3. The average Bonchev–Trinajstić information content (AvgIpc) is 2.83. The van der Waals surface area contributed by atoms with Crippen molar-refractivity contribution in [3.63, 3.8) is 0 Å². The van der Waals surface area contributed by atoms with Gasteiger partial charge in [0.15, 0.2) is 0 Å². The van der Waals surface area contributed by atoms with E-state index in [1.807, 2.05) is 30.3 Å². The highest BCUT2D eigenvalue weighted by Gasteiger charge is 2.14. The number of halogens is 3. The molecular formula is C27H17BrClIN2O2. The van der Waals surface area contributed by atoms with E-state index in [4.69, 9.17) is 16.3 Å². The maximum atomic E-state index is 12.6. The number of benzene rings is 4. The summed E-state index contributed by atoms with van der Waals surface area (Å²) < 4.78 is 7.68. The highest BCUT2D eigenvalue weighted by Crippen LogP contribution is 2.33. The monoisotopic (exact) mass is 642 g/mol. The van der Waals surface area contributed by atoms with Gasteiger partial charge in [-0.3, -0.25) is 4.79 Å². The number of carbonyl (C=O) groups excluding carboxylic acids is 1. The van der Waals surface area contributed by atoms with Crippen LogP contribution in [0, 0.1) is 14.9 Å². The molecule has 7 heteroatoms. The van der Waals surface area contributed by atoms with Crippen LogP contribution in [0.3, 0.4) is 0 Å². The number of fused-ring (bicyclic) bond motifs is 1. The number of para-hydroxylation sites is 1. The zero-order chi connectivity index (χ0) is 24.1. The van der Waals surface area contributed by atoms with Gasteiger partial charge in [-0.15, -0.1) is 0 Å². The van der Waals surface area contributed by atoms with Gasteiger partial charge in [0.05, 0.1) is 18.8 Å². The molecule has 0 fully saturated rings. The van der Waals surface area contributed by atoms with Gasteiger partial charge in [-0.05, 0) is 96.8 Å². The van der Waals surface area contributed by atoms with E-state index in [0.717, 1.165) is 19.0 Å². The molecule has 4 nitrogen and oxygen atoms in total. The summed E-state index contributed by atoms with van der Waals surface area (Å²) in [7, 11) is 0. The van der Waals surface area contributed by atoms with Crippen molar-refractivity contribution in [1.82, 2.24) is 0 Å². The normalized spacial score (nSPS) is 11.2. The molecule has 4 aromatic rings. The van der Waals surface area contributed by atoms with Gasteiger partial charge >= 0.3 is 0 Å². The van der Waals surface area contributed by atoms with Gasteiger partial charge in [0.25, 0.3) is 5.91 Å². The van der Waals surface area contributed by atoms with Gasteiger partial charge < -0.3 is 10.1 Å². The second-order valence-corrected chi connectivity index (χ2v) is 9.81. The fourth-order valence-electron chi connectivity index (χ4n) is 3.35. The molecule has 0 bridgehead atoms. The topological polar surface area (TPSA) is 62.1 Å². The Balaban J connectivity index is 1.51. The largest absolute Gasteiger partial charge is 0.487 e. The third-order valence-electron chi connectivity index (χ3n) is 5.02. The Morgan fingerprint density at radius 3 is 2.53 bits per heavy atom. The van der Waals surface area contributed by atoms with Crippen molar-refractivity contribution in [2.75, 3.05) is 5.32 Å². The summed E-state index contributed by atoms with van der Waals surface area (Å²) >= 11 is 11.8. The Hall–Kier alpha value is -2.86. The van der Waals surface area contributed by atoms with Crippen LogP contribution in [-0.2, 0) is 11.4 Å². The third kappa shape index (κ3) is 5.79. The van der Waals surface area contributed by atoms with Gasteiger partial charge in [-0.25, -0.2) is 0 Å². The number of hydrogen-bond acceptors (Lipinski definition) is 3. The lowest BCUT2D eigenvalue weighted by atomic mass is 10.1. The smallest absolute Gasteiger partial charge is 0.266 e. The van der Waals surface area contributed by atoms with Crippen LogP contribution < -0.4 is 10.1 Å². The predicted octanol–water partition coefficient (Wildman–Crippen LogP) is 7.98. The summed E-state index contributed by atoms with van der Waals surface area (Å²) in [5.41, 5.74) is 2.17. The van der Waals surface area contributed by atoms with Crippen molar-refractivity contribution in [2.45, 2.75) is 6.61 Å². The minimum atomic E-state index is -0.529. The average molecular weight is 644 g/mol. The lowest BCUT2D eigenvalue weighted by Gasteiger charge is -2.12. The van der Waals surface area contributed by atoms with Crippen molar-refractivity contribution >= 4 is 78.6 Å². The fourth-order valence-corrected chi connectivity index (χ4v) is 5.30. The Labute approximate surface area is 224 Å². The molecule has 1 amide bonds. The van der Waals surface area contributed by atoms with E-state index in [2.05, 4.69) is 74.2 Å². The Bertz CT molecular complexity index is 1440. The zero-order valence-electron chi connectivity index (χ0n) is 17.7. The molecule has 4 rings (SSSR count). The van der Waals surface area contributed by atoms with Crippen molar-refractivity contribution in [2.24, 2.45) is 0 Å². The lowest BCUT2D eigenvalue weighted by Crippen LogP contribution is -2.13. The molecule has 0 spiro atoms. The SMILES string of the molecule is N#C/C(=C\c1cc(Br)c(OCc2ccc3ccccc3c2)c(I)c1)C(=O)Nc1ccccc1Cl. The van der Waals surface area contributed by atoms with Crippen LogP contribution >= 0.6 is 50.1 Å². The maximum absolute atomic E-state index is 12.6. The molecule has 0 radical (unpaired) electrons. The standard InChI is InChI=1S/C27H17BrClIN2O2/c28-22-13-18(12-21(15-31)27(33)32-25-8-4-3-7-23(25)29)14-24(30)26(22)34-16-17-9-10-19-5-1-2-6-20(19)11-17/h1-14H,16H2,(H,32,33)/b21-12+. The lowest BCUT2D eigenvalue weighted by molar-refractivity contribution is -0.112. The minimum Gasteiger partial charge on any atom is -0.487 e. The molecule has 34 heavy (non-hydrogen) atoms. The molecular weight excluding hydrogens is 627 g/mol. The number of anilines is 1. The Kier molecular flexibility index (Phi) is 7.88. The Morgan fingerprint density at radius 2 is 1.79 bits per heavy atom. The molecule has 0 aliphatic carbocycles. The van der Waals surface area contributed by atoms with E-state index in [1.54, 1.807) is 24.3 Å². The van der Waals surface area contributed by atoms with E-state index in [9.17, 15) is 10.1 Å². The van der Waals surface area contributed by atoms with Gasteiger partial charge in [0.1, 0.15) is 24.0 Å². The van der Waals surface area contributed by atoms with Gasteiger partial charge in [0.2, 0.25) is 0 Å². The molecule has 0 saturated carbocycles. The van der Waals surface area contributed by atoms with Crippen LogP contribution in [0.5, 0.6) is 5.75 Å². The second-order valence-electron chi connectivity index (χ2n) is 7.39. The quantitative estimate of drug-likeness (QED) is 0.132. The number of rotatable bonds is 6. The number of nitrogens with zero attached hydrogens (tertiary/aromatic N) is 1. The summed E-state index contributed by atoms with van der Waals surface area (Å²) in [5.74, 6) is 0.170. The van der Waals surface area contributed by atoms with Crippen LogP contribution in [0.15, 0.2) is 88.9 Å². The molecule has 168 valence electrons. The van der Waals surface area contributed by atoms with Crippen LogP contribution in [-0.4, -0.2) is 5.91 Å². The summed E-state index contributed by atoms with van der Waals surface area (Å²) in [5, 5.41) is 15.0. The second kappa shape index (κ2) is 11.0. The number of hydrogen-bond donors (Lipinski definition) is 1. The highest BCUT2D eigenvalue weighted by atomic mass is 127. The van der Waals surface area contributed by atoms with Gasteiger partial charge in [-0.2, -0.15) is 5.26 Å². The first-order chi connectivity index (χ1) is 16.4. The predicted molar refractivity (Wildman–Crippen MR) is 149 cm³/mol. The number of ether oxygens (including phenoxy) is 1. The van der Waals surface area contributed by atoms with Crippen molar-refractivity contribution in [3.05, 3.63) is 109 Å². The van der Waals surface area contributed by atoms with Gasteiger partial charge in [0, 0.05) is 0 Å². The number of carbonyl (C=O) groups is 1. The molecule has 4 aromatic carbocycles. The Morgan fingerprint density at radius 1 is 1.06 bits per heavy atom. The van der Waals surface area contributed by atoms with Crippen LogP contribution in [0.1, 0.15) is 11.1 Å². The molecule has 0 aromatic heterocycles. The van der Waals surface area contributed by atoms with E-state index in [0.29, 0.717) is 28.6 Å². The molecule has 0 atom stereocenters. The summed E-state index contributed by atoms with van der Waals surface area (Å²) in [6, 6.07) is 27.0. The summed E-state index contributed by atoms with van der Waals surface area (Å²) in [6.07, 6.45) is 1.53. The van der Waals surface area contributed by atoms with Gasteiger partial charge in [-0.1, -0.05) is 60.1 Å². The molecule has 0 aliphatic rings. The molecule has 0 unspecified atom stereocenters. The number of nitrogens with one attached hydrogen (secondary N) is 1. The van der Waals surface area contributed by atoms with Crippen LogP contribution in [0.2, 0.25) is 5.02 Å². The van der Waals surface area contributed by atoms with E-state index in [-0.39, 0.29) is 5.57 Å². The maximum Gasteiger partial charge on any atom is 0.266 e. The molecule has 0 aliphatic heterocycles. The number of amides is 1. The molecule has 0 saturated heterocycles. The zero-order valence-corrected chi connectivity index (χ0v) is 22.2. The van der Waals surface area contributed by atoms with Crippen molar-refractivity contribution < 1.29 is 9.53 Å². The summed E-state index contributed by atoms with van der Waals surface area (Å²) in [6.45, 7) is 0.415.